The lowest BCUT2D eigenvalue weighted by molar-refractivity contribution is -0.136. The Balaban J connectivity index is 1.57. The molecule has 2 aromatic rings. The van der Waals surface area contributed by atoms with Gasteiger partial charge in [0.25, 0.3) is 0 Å². The van der Waals surface area contributed by atoms with Gasteiger partial charge in [-0.1, -0.05) is 54.6 Å². The van der Waals surface area contributed by atoms with Crippen LogP contribution in [0.2, 0.25) is 0 Å². The molecule has 2 amide bonds. The first-order valence-corrected chi connectivity index (χ1v) is 13.7. The fourth-order valence-electron chi connectivity index (χ4n) is 5.53. The number of hydrogen-bond acceptors (Lipinski definition) is 4. The Morgan fingerprint density at radius 1 is 1.05 bits per heavy atom. The molecule has 0 aliphatic carbocycles. The molecule has 0 spiro atoms. The molecule has 0 radical (unpaired) electrons. The number of hydrogen-bond donors (Lipinski definition) is 0. The molecule has 6 nitrogen and oxygen atoms in total. The third kappa shape index (κ3) is 7.01. The van der Waals surface area contributed by atoms with Crippen molar-refractivity contribution in [3.63, 3.8) is 0 Å². The van der Waals surface area contributed by atoms with Gasteiger partial charge in [0.1, 0.15) is 12.4 Å². The van der Waals surface area contributed by atoms with Crippen LogP contribution in [0, 0.1) is 18.8 Å². The Hall–Kier alpha value is -3.12. The van der Waals surface area contributed by atoms with Crippen molar-refractivity contribution in [3.05, 3.63) is 77.4 Å². The van der Waals surface area contributed by atoms with E-state index in [0.29, 0.717) is 45.8 Å². The molecule has 2 aliphatic rings. The molecular weight excluding hydrogens is 462 g/mol. The van der Waals surface area contributed by atoms with Gasteiger partial charge >= 0.3 is 0 Å². The Labute approximate surface area is 221 Å². The number of piperidine rings is 1. The summed E-state index contributed by atoms with van der Waals surface area (Å²) in [5, 5.41) is 0. The van der Waals surface area contributed by atoms with E-state index in [0.717, 1.165) is 30.8 Å². The van der Waals surface area contributed by atoms with Crippen molar-refractivity contribution in [3.8, 4) is 5.75 Å². The van der Waals surface area contributed by atoms with Crippen molar-refractivity contribution in [1.82, 2.24) is 14.7 Å². The van der Waals surface area contributed by atoms with Gasteiger partial charge in [0.2, 0.25) is 11.8 Å². The minimum atomic E-state index is 0.140. The molecule has 2 aromatic carbocycles. The van der Waals surface area contributed by atoms with Crippen LogP contribution in [0.15, 0.2) is 60.7 Å². The van der Waals surface area contributed by atoms with E-state index in [2.05, 4.69) is 54.3 Å². The first-order valence-electron chi connectivity index (χ1n) is 13.7. The maximum Gasteiger partial charge on any atom is 0.236 e. The standard InChI is InChI=1S/C31H41N3O3/c1-4-33(5-2)30(35)19-25-16-17-34-22-27(25)14-10-18-37-29-15-9-8-13-28(29)21-32(23-31(34)36)20-26-12-7-6-11-24(26)3/h6-15,25,27H,4-5,16-23H2,1-3H3/b14-10+/t25-,27-/m0/s1. The number of nitrogens with zero attached hydrogens (tertiary/aromatic N) is 3. The zero-order valence-corrected chi connectivity index (χ0v) is 22.6. The minimum absolute atomic E-state index is 0.140. The van der Waals surface area contributed by atoms with E-state index in [1.807, 2.05) is 41.8 Å². The van der Waals surface area contributed by atoms with E-state index in [9.17, 15) is 9.59 Å². The van der Waals surface area contributed by atoms with Crippen molar-refractivity contribution < 1.29 is 14.3 Å². The summed E-state index contributed by atoms with van der Waals surface area (Å²) in [5.74, 6) is 1.58. The highest BCUT2D eigenvalue weighted by molar-refractivity contribution is 5.79. The van der Waals surface area contributed by atoms with Gasteiger partial charge in [-0.25, -0.2) is 0 Å². The Bertz CT molecular complexity index is 1090. The molecule has 0 saturated carbocycles. The van der Waals surface area contributed by atoms with E-state index in [-0.39, 0.29) is 23.7 Å². The predicted molar refractivity (Wildman–Crippen MR) is 147 cm³/mol. The molecule has 6 heteroatoms. The minimum Gasteiger partial charge on any atom is -0.489 e. The number of aryl methyl sites for hydroxylation is 1. The SMILES string of the molecule is CCN(CC)C(=O)C[C@@H]1CCN2C[C@@H]1/C=C/COc1ccccc1CN(Cc1ccccc1C)CC2=O. The van der Waals surface area contributed by atoms with Crippen molar-refractivity contribution in [2.45, 2.75) is 46.7 Å². The molecule has 2 aliphatic heterocycles. The van der Waals surface area contributed by atoms with Crippen LogP contribution in [0.25, 0.3) is 0 Å². The number of carbonyl (C=O) groups excluding carboxylic acids is 2. The molecular formula is C31H41N3O3. The van der Waals surface area contributed by atoms with Gasteiger partial charge in [-0.05, 0) is 56.2 Å². The summed E-state index contributed by atoms with van der Waals surface area (Å²) >= 11 is 0. The highest BCUT2D eigenvalue weighted by Gasteiger charge is 2.33. The molecule has 2 bridgehead atoms. The summed E-state index contributed by atoms with van der Waals surface area (Å²) in [6.45, 7) is 11.1. The van der Waals surface area contributed by atoms with Crippen LogP contribution < -0.4 is 4.74 Å². The van der Waals surface area contributed by atoms with Gasteiger partial charge in [0.15, 0.2) is 0 Å². The number of benzene rings is 2. The quantitative estimate of drug-likeness (QED) is 0.538. The number of amides is 2. The van der Waals surface area contributed by atoms with Crippen molar-refractivity contribution >= 4 is 11.8 Å². The second-order valence-electron chi connectivity index (χ2n) is 10.2. The lowest BCUT2D eigenvalue weighted by Gasteiger charge is -2.38. The topological polar surface area (TPSA) is 53.1 Å². The first-order chi connectivity index (χ1) is 18.0. The normalized spacial score (nSPS) is 21.6. The zero-order chi connectivity index (χ0) is 26.2. The molecule has 37 heavy (non-hydrogen) atoms. The number of para-hydroxylation sites is 1. The first kappa shape index (κ1) is 26.9. The second-order valence-corrected chi connectivity index (χ2v) is 10.2. The fourth-order valence-corrected chi connectivity index (χ4v) is 5.53. The molecule has 4 rings (SSSR count). The van der Waals surface area contributed by atoms with Gasteiger partial charge in [-0.3, -0.25) is 14.5 Å². The Morgan fingerprint density at radius 2 is 1.81 bits per heavy atom. The van der Waals surface area contributed by atoms with E-state index in [1.165, 1.54) is 11.1 Å². The van der Waals surface area contributed by atoms with Crippen LogP contribution in [0.5, 0.6) is 5.75 Å². The van der Waals surface area contributed by atoms with Gasteiger partial charge in [0, 0.05) is 51.3 Å². The summed E-state index contributed by atoms with van der Waals surface area (Å²) < 4.78 is 6.19. The average Bonchev–Trinajstić information content (AvgIpc) is 2.90. The van der Waals surface area contributed by atoms with Gasteiger partial charge < -0.3 is 14.5 Å². The van der Waals surface area contributed by atoms with Crippen LogP contribution in [0.1, 0.15) is 43.4 Å². The zero-order valence-electron chi connectivity index (χ0n) is 22.6. The van der Waals surface area contributed by atoms with Crippen LogP contribution in [-0.2, 0) is 22.7 Å². The summed E-state index contributed by atoms with van der Waals surface area (Å²) in [6, 6.07) is 16.5. The molecule has 0 aromatic heterocycles. The second kappa shape index (κ2) is 12.9. The number of ether oxygens (including phenoxy) is 1. The fraction of sp³-hybridized carbons (Fsp3) is 0.484. The summed E-state index contributed by atoms with van der Waals surface area (Å²) in [7, 11) is 0. The summed E-state index contributed by atoms with van der Waals surface area (Å²) in [4.78, 5) is 32.6. The lowest BCUT2D eigenvalue weighted by Crippen LogP contribution is -2.48. The van der Waals surface area contributed by atoms with Crippen LogP contribution in [0.3, 0.4) is 0 Å². The van der Waals surface area contributed by atoms with Gasteiger partial charge in [-0.15, -0.1) is 0 Å². The van der Waals surface area contributed by atoms with Crippen molar-refractivity contribution in [2.24, 2.45) is 11.8 Å². The molecule has 0 N–H and O–H groups in total. The summed E-state index contributed by atoms with van der Waals surface area (Å²) in [6.07, 6.45) is 5.60. The predicted octanol–water partition coefficient (Wildman–Crippen LogP) is 4.67. The largest absolute Gasteiger partial charge is 0.489 e. The van der Waals surface area contributed by atoms with Crippen LogP contribution in [0.4, 0.5) is 0 Å². The molecule has 2 heterocycles. The Kier molecular flexibility index (Phi) is 9.40. The highest BCUT2D eigenvalue weighted by atomic mass is 16.5. The molecule has 198 valence electrons. The van der Waals surface area contributed by atoms with E-state index < -0.39 is 0 Å². The number of carbonyl (C=O) groups is 2. The number of fused-ring (bicyclic) bond motifs is 3. The maximum absolute atomic E-state index is 13.6. The van der Waals surface area contributed by atoms with Gasteiger partial charge in [-0.2, -0.15) is 0 Å². The molecule has 1 fully saturated rings. The molecule has 2 atom stereocenters. The highest BCUT2D eigenvalue weighted by Crippen LogP contribution is 2.30. The average molecular weight is 504 g/mol. The molecule has 0 unspecified atom stereocenters. The molecule has 1 saturated heterocycles. The van der Waals surface area contributed by atoms with Gasteiger partial charge in [0.05, 0.1) is 6.54 Å². The lowest BCUT2D eigenvalue weighted by atomic mass is 9.82. The van der Waals surface area contributed by atoms with E-state index in [4.69, 9.17) is 4.74 Å². The monoisotopic (exact) mass is 503 g/mol. The third-order valence-electron chi connectivity index (χ3n) is 7.81. The van der Waals surface area contributed by atoms with Crippen molar-refractivity contribution in [1.29, 1.82) is 0 Å². The summed E-state index contributed by atoms with van der Waals surface area (Å²) in [5.41, 5.74) is 3.54. The smallest absolute Gasteiger partial charge is 0.236 e. The van der Waals surface area contributed by atoms with E-state index in [1.54, 1.807) is 0 Å². The van der Waals surface area contributed by atoms with E-state index >= 15 is 0 Å². The maximum atomic E-state index is 13.6. The third-order valence-corrected chi connectivity index (χ3v) is 7.81. The van der Waals surface area contributed by atoms with Crippen LogP contribution in [-0.4, -0.2) is 65.8 Å². The van der Waals surface area contributed by atoms with Crippen LogP contribution >= 0.6 is 0 Å². The number of rotatable bonds is 6. The van der Waals surface area contributed by atoms with Crippen molar-refractivity contribution in [2.75, 3.05) is 39.3 Å². The Morgan fingerprint density at radius 3 is 2.59 bits per heavy atom.